The fraction of sp³-hybridized carbons (Fsp3) is 0.0938. The first-order chi connectivity index (χ1) is 34.5. The lowest BCUT2D eigenvalue weighted by Gasteiger charge is -2.34. The number of nitrogens with two attached hydrogens (primary N) is 1. The van der Waals surface area contributed by atoms with E-state index in [2.05, 4.69) is 247 Å². The van der Waals surface area contributed by atoms with Gasteiger partial charge in [-0.25, -0.2) is 9.98 Å². The van der Waals surface area contributed by atoms with Crippen LogP contribution in [0.4, 0.5) is 0 Å². The minimum absolute atomic E-state index is 0.285. The summed E-state index contributed by atoms with van der Waals surface area (Å²) in [5.41, 5.74) is 16.5. The third-order valence-electron chi connectivity index (χ3n) is 14.3. The minimum Gasteiger partial charge on any atom is -0.333 e. The van der Waals surface area contributed by atoms with Crippen LogP contribution in [-0.2, 0) is 0 Å². The van der Waals surface area contributed by atoms with Gasteiger partial charge in [0, 0.05) is 60.4 Å². The van der Waals surface area contributed by atoms with Gasteiger partial charge in [0.2, 0.25) is 0 Å². The van der Waals surface area contributed by atoms with Crippen molar-refractivity contribution in [3.8, 4) is 22.3 Å². The molecular formula is C64H50N5S+. The van der Waals surface area contributed by atoms with Crippen molar-refractivity contribution in [3.63, 3.8) is 0 Å². The summed E-state index contributed by atoms with van der Waals surface area (Å²) < 4.78 is 5.09. The number of likely N-dealkylation sites (N-methyl/N-ethyl adjacent to an activating group) is 1. The van der Waals surface area contributed by atoms with E-state index in [1.807, 2.05) is 11.3 Å². The van der Waals surface area contributed by atoms with Crippen molar-refractivity contribution in [2.45, 2.75) is 19.5 Å². The predicted molar refractivity (Wildman–Crippen MR) is 296 cm³/mol. The second kappa shape index (κ2) is 17.4. The van der Waals surface area contributed by atoms with Crippen molar-refractivity contribution < 1.29 is 5.32 Å². The molecule has 2 aromatic heterocycles. The van der Waals surface area contributed by atoms with Gasteiger partial charge in [-0.1, -0.05) is 165 Å². The molecule has 0 bridgehead atoms. The first-order valence-corrected chi connectivity index (χ1v) is 25.2. The summed E-state index contributed by atoms with van der Waals surface area (Å²) in [6.45, 7) is 3.07. The number of allylic oxidation sites excluding steroid dienone is 4. The fourth-order valence-electron chi connectivity index (χ4n) is 10.8. The second-order valence-corrected chi connectivity index (χ2v) is 19.9. The average molecular weight is 921 g/mol. The Morgan fingerprint density at radius 1 is 0.586 bits per heavy atom. The SMILES string of the molecule is CC1C=C(n2c3ccccc3c3ccc4sc5ccc(C6=C(C7=NC(c8ccccc8)=NC(c8ccccc8)N7C)C=C(c7cc(-c8ccccc8)cc(-c8ccccc8)c7)C[NH2+]6)cc5c4c32)C=CC1. The lowest BCUT2D eigenvalue weighted by Crippen LogP contribution is -2.82. The minimum atomic E-state index is -0.285. The van der Waals surface area contributed by atoms with Crippen molar-refractivity contribution in [1.29, 1.82) is 0 Å². The summed E-state index contributed by atoms with van der Waals surface area (Å²) in [5.74, 6) is 2.07. The number of nitrogens with zero attached hydrogens (tertiary/aromatic N) is 4. The Bertz CT molecular complexity index is 3810. The van der Waals surface area contributed by atoms with E-state index in [1.165, 1.54) is 92.3 Å². The average Bonchev–Trinajstić information content (AvgIpc) is 3.97. The van der Waals surface area contributed by atoms with Gasteiger partial charge in [-0.3, -0.25) is 0 Å². The zero-order valence-electron chi connectivity index (χ0n) is 39.1. The number of benzene rings is 8. The molecule has 0 spiro atoms. The highest BCUT2D eigenvalue weighted by atomic mass is 32.1. The summed E-state index contributed by atoms with van der Waals surface area (Å²) in [6.07, 6.45) is 10.3. The third kappa shape index (κ3) is 7.35. The smallest absolute Gasteiger partial charge is 0.159 e. The van der Waals surface area contributed by atoms with Crippen LogP contribution in [0, 0.1) is 5.92 Å². The number of fused-ring (bicyclic) bond motifs is 7. The first kappa shape index (κ1) is 42.0. The van der Waals surface area contributed by atoms with Crippen molar-refractivity contribution in [2.75, 3.05) is 13.6 Å². The van der Waals surface area contributed by atoms with E-state index in [9.17, 15) is 0 Å². The molecule has 336 valence electrons. The Morgan fingerprint density at radius 3 is 1.94 bits per heavy atom. The molecule has 0 saturated heterocycles. The van der Waals surface area contributed by atoms with Gasteiger partial charge in [-0.05, 0) is 106 Å². The van der Waals surface area contributed by atoms with E-state index >= 15 is 0 Å². The molecule has 6 heteroatoms. The summed E-state index contributed by atoms with van der Waals surface area (Å²) in [5, 5.41) is 7.58. The molecule has 0 amide bonds. The largest absolute Gasteiger partial charge is 0.333 e. The predicted octanol–water partition coefficient (Wildman–Crippen LogP) is 14.8. The van der Waals surface area contributed by atoms with Crippen LogP contribution in [0.3, 0.4) is 0 Å². The van der Waals surface area contributed by atoms with Gasteiger partial charge in [0.25, 0.3) is 0 Å². The quantitative estimate of drug-likeness (QED) is 0.162. The monoisotopic (exact) mass is 920 g/mol. The van der Waals surface area contributed by atoms with E-state index in [0.717, 1.165) is 41.3 Å². The van der Waals surface area contributed by atoms with Crippen LogP contribution < -0.4 is 5.32 Å². The molecule has 2 unspecified atom stereocenters. The van der Waals surface area contributed by atoms with Gasteiger partial charge >= 0.3 is 0 Å². The van der Waals surface area contributed by atoms with Gasteiger partial charge in [0.15, 0.2) is 5.84 Å². The van der Waals surface area contributed by atoms with Gasteiger partial charge in [-0.15, -0.1) is 11.3 Å². The lowest BCUT2D eigenvalue weighted by molar-refractivity contribution is -0.550. The maximum Gasteiger partial charge on any atom is 0.159 e. The summed E-state index contributed by atoms with van der Waals surface area (Å²) in [6, 6.07) is 70.4. The van der Waals surface area contributed by atoms with E-state index in [0.29, 0.717) is 5.92 Å². The number of hydrogen-bond acceptors (Lipinski definition) is 4. The maximum atomic E-state index is 5.56. The topological polar surface area (TPSA) is 49.5 Å². The Balaban J connectivity index is 1.06. The number of aromatic nitrogens is 1. The van der Waals surface area contributed by atoms with E-state index < -0.39 is 0 Å². The van der Waals surface area contributed by atoms with Crippen LogP contribution in [0.5, 0.6) is 0 Å². The highest BCUT2D eigenvalue weighted by Crippen LogP contribution is 2.45. The number of aliphatic imine (C=N–C) groups is 2. The second-order valence-electron chi connectivity index (χ2n) is 18.8. The summed E-state index contributed by atoms with van der Waals surface area (Å²) >= 11 is 1.88. The number of thiophene rings is 1. The molecule has 0 radical (unpaired) electrons. The highest BCUT2D eigenvalue weighted by Gasteiger charge is 2.33. The highest BCUT2D eigenvalue weighted by molar-refractivity contribution is 7.26. The zero-order valence-corrected chi connectivity index (χ0v) is 39.9. The standard InChI is InChI=1S/C64H49N5S/c1-41-18-17-27-51(34-41)69-56-29-16-15-28-52(56)53-31-33-58-59(61(53)69)54-38-46(30-32-57(54)70-58)60-55(64-67-62(44-23-11-5-12-24-44)66-63(68(64)2)45-25-13-6-14-26-45)39-50(40-65-60)49-36-47(42-19-7-3-8-20-42)35-48(37-49)43-21-9-4-10-22-43/h3-17,19-39,41,63,65H,18,40H2,1-2H3/p+1. The zero-order chi connectivity index (χ0) is 46.7. The van der Waals surface area contributed by atoms with Gasteiger partial charge in [0.05, 0.1) is 16.6 Å². The number of quaternary nitrogens is 1. The Morgan fingerprint density at radius 2 is 1.23 bits per heavy atom. The molecule has 70 heavy (non-hydrogen) atoms. The van der Waals surface area contributed by atoms with E-state index in [-0.39, 0.29) is 6.17 Å². The van der Waals surface area contributed by atoms with Crippen molar-refractivity contribution in [2.24, 2.45) is 15.9 Å². The van der Waals surface area contributed by atoms with Crippen LogP contribution in [-0.4, -0.2) is 34.7 Å². The molecule has 13 rings (SSSR count). The number of rotatable bonds is 8. The molecule has 1 aliphatic carbocycles. The van der Waals surface area contributed by atoms with Gasteiger partial charge in [0.1, 0.15) is 24.2 Å². The van der Waals surface area contributed by atoms with Crippen LogP contribution in [0.2, 0.25) is 0 Å². The van der Waals surface area contributed by atoms with E-state index in [4.69, 9.17) is 9.98 Å². The maximum absolute atomic E-state index is 5.56. The number of amidine groups is 2. The van der Waals surface area contributed by atoms with Crippen LogP contribution in [0.1, 0.15) is 41.8 Å². The Kier molecular flexibility index (Phi) is 10.4. The normalized spacial score (nSPS) is 17.3. The molecule has 2 atom stereocenters. The fourth-order valence-corrected chi connectivity index (χ4v) is 11.9. The van der Waals surface area contributed by atoms with Gasteiger partial charge < -0.3 is 14.8 Å². The molecule has 8 aromatic carbocycles. The van der Waals surface area contributed by atoms with E-state index in [1.54, 1.807) is 0 Å². The number of hydrogen-bond donors (Lipinski definition) is 1. The van der Waals surface area contributed by atoms with Gasteiger partial charge in [-0.2, -0.15) is 0 Å². The number of para-hydroxylation sites is 1. The lowest BCUT2D eigenvalue weighted by atomic mass is 9.90. The molecule has 2 aliphatic heterocycles. The molecule has 5 nitrogen and oxygen atoms in total. The first-order valence-electron chi connectivity index (χ1n) is 24.3. The molecule has 3 aliphatic rings. The Hall–Kier alpha value is -8.16. The summed E-state index contributed by atoms with van der Waals surface area (Å²) in [4.78, 5) is 13.2. The van der Waals surface area contributed by atoms with Crippen molar-refractivity contribution in [3.05, 3.63) is 246 Å². The molecule has 0 saturated carbocycles. The molecule has 10 aromatic rings. The third-order valence-corrected chi connectivity index (χ3v) is 15.4. The van der Waals surface area contributed by atoms with Crippen LogP contribution in [0.25, 0.3) is 81.2 Å². The molecule has 0 fully saturated rings. The summed E-state index contributed by atoms with van der Waals surface area (Å²) in [7, 11) is 2.15. The van der Waals surface area contributed by atoms with Crippen LogP contribution >= 0.6 is 11.3 Å². The molecule has 2 N–H and O–H groups in total. The molecular weight excluding hydrogens is 871 g/mol. The van der Waals surface area contributed by atoms with Crippen molar-refractivity contribution >= 4 is 82.0 Å². The molecule has 4 heterocycles. The van der Waals surface area contributed by atoms with Crippen molar-refractivity contribution in [1.82, 2.24) is 9.47 Å². The Labute approximate surface area is 412 Å². The van der Waals surface area contributed by atoms with Crippen LogP contribution in [0.15, 0.2) is 234 Å².